The molecule has 0 spiro atoms. The quantitative estimate of drug-likeness (QED) is 0.413. The fourth-order valence-corrected chi connectivity index (χ4v) is 4.77. The van der Waals surface area contributed by atoms with Gasteiger partial charge in [-0.25, -0.2) is 8.78 Å². The summed E-state index contributed by atoms with van der Waals surface area (Å²) in [7, 11) is 0. The molecule has 0 aliphatic heterocycles. The number of hydrogen-bond acceptors (Lipinski definition) is 0. The number of hydrogen-bond donors (Lipinski definition) is 0. The second kappa shape index (κ2) is 8.90. The van der Waals surface area contributed by atoms with E-state index in [2.05, 4.69) is 49.4 Å². The standard InChI is InChI=1S/C27H28F2/c1-19(21-5-3-2-4-6-21)17-20-7-9-22(10-8-20)23-11-13-24(14-12-23)25-15-16-26(28)27(29)18-25/h2-6,11-16,18-20,22H,7-10,17H2,1H3/t19-,20?,22?/m0/s1. The summed E-state index contributed by atoms with van der Waals surface area (Å²) in [6.07, 6.45) is 6.30. The van der Waals surface area contributed by atoms with E-state index < -0.39 is 11.6 Å². The van der Waals surface area contributed by atoms with E-state index in [9.17, 15) is 8.78 Å². The van der Waals surface area contributed by atoms with Crippen molar-refractivity contribution in [1.29, 1.82) is 0 Å². The van der Waals surface area contributed by atoms with Crippen LogP contribution >= 0.6 is 0 Å². The van der Waals surface area contributed by atoms with Crippen LogP contribution in [-0.2, 0) is 0 Å². The molecule has 150 valence electrons. The first-order valence-corrected chi connectivity index (χ1v) is 10.7. The summed E-state index contributed by atoms with van der Waals surface area (Å²) in [5, 5.41) is 0. The molecule has 0 aromatic heterocycles. The SMILES string of the molecule is C[C@@H](CC1CCC(c2ccc(-c3ccc(F)c(F)c3)cc2)CC1)c1ccccc1. The molecular weight excluding hydrogens is 362 g/mol. The van der Waals surface area contributed by atoms with E-state index in [1.54, 1.807) is 6.07 Å². The maximum Gasteiger partial charge on any atom is 0.159 e. The van der Waals surface area contributed by atoms with Crippen LogP contribution in [0.25, 0.3) is 11.1 Å². The monoisotopic (exact) mass is 390 g/mol. The molecule has 0 unspecified atom stereocenters. The van der Waals surface area contributed by atoms with Crippen LogP contribution in [0.15, 0.2) is 72.8 Å². The molecule has 0 heterocycles. The van der Waals surface area contributed by atoms with Gasteiger partial charge in [0.2, 0.25) is 0 Å². The van der Waals surface area contributed by atoms with Crippen molar-refractivity contribution in [3.05, 3.63) is 95.6 Å². The predicted octanol–water partition coefficient (Wildman–Crippen LogP) is 8.10. The van der Waals surface area contributed by atoms with Crippen LogP contribution in [0.4, 0.5) is 8.78 Å². The Hall–Kier alpha value is -2.48. The zero-order chi connectivity index (χ0) is 20.2. The van der Waals surface area contributed by atoms with Crippen molar-refractivity contribution >= 4 is 0 Å². The maximum absolute atomic E-state index is 13.5. The Balaban J connectivity index is 1.34. The average molecular weight is 391 g/mol. The Labute approximate surface area is 172 Å². The molecule has 0 amide bonds. The highest BCUT2D eigenvalue weighted by Gasteiger charge is 2.24. The minimum atomic E-state index is -0.802. The number of benzene rings is 3. The minimum absolute atomic E-state index is 0.609. The summed E-state index contributed by atoms with van der Waals surface area (Å²) >= 11 is 0. The summed E-state index contributed by atoms with van der Waals surface area (Å²) in [5.41, 5.74) is 4.46. The molecule has 1 aliphatic carbocycles. The normalized spacial score (nSPS) is 20.4. The van der Waals surface area contributed by atoms with Crippen molar-refractivity contribution in [2.75, 3.05) is 0 Å². The third-order valence-corrected chi connectivity index (χ3v) is 6.54. The Morgan fingerprint density at radius 1 is 0.759 bits per heavy atom. The van der Waals surface area contributed by atoms with Crippen molar-refractivity contribution in [3.63, 3.8) is 0 Å². The Morgan fingerprint density at radius 3 is 2.07 bits per heavy atom. The molecular formula is C27H28F2. The van der Waals surface area contributed by atoms with Gasteiger partial charge in [0.1, 0.15) is 0 Å². The molecule has 0 N–H and O–H groups in total. The van der Waals surface area contributed by atoms with Crippen LogP contribution in [0, 0.1) is 17.6 Å². The van der Waals surface area contributed by atoms with Crippen molar-refractivity contribution in [2.24, 2.45) is 5.92 Å². The molecule has 0 radical (unpaired) electrons. The van der Waals surface area contributed by atoms with Crippen LogP contribution in [0.3, 0.4) is 0 Å². The Kier molecular flexibility index (Phi) is 6.08. The van der Waals surface area contributed by atoms with Gasteiger partial charge in [0.25, 0.3) is 0 Å². The zero-order valence-electron chi connectivity index (χ0n) is 17.0. The summed E-state index contributed by atoms with van der Waals surface area (Å²) in [6.45, 7) is 2.35. The molecule has 0 nitrogen and oxygen atoms in total. The van der Waals surface area contributed by atoms with E-state index in [0.29, 0.717) is 17.4 Å². The van der Waals surface area contributed by atoms with Crippen LogP contribution in [-0.4, -0.2) is 0 Å². The maximum atomic E-state index is 13.5. The summed E-state index contributed by atoms with van der Waals surface area (Å²) in [5.74, 6) is 0.437. The second-order valence-electron chi connectivity index (χ2n) is 8.52. The van der Waals surface area contributed by atoms with Gasteiger partial charge in [0.05, 0.1) is 0 Å². The summed E-state index contributed by atoms with van der Waals surface area (Å²) in [4.78, 5) is 0. The van der Waals surface area contributed by atoms with Crippen LogP contribution in [0.5, 0.6) is 0 Å². The first kappa shape index (κ1) is 19.8. The van der Waals surface area contributed by atoms with E-state index >= 15 is 0 Å². The molecule has 1 fully saturated rings. The molecule has 29 heavy (non-hydrogen) atoms. The van der Waals surface area contributed by atoms with Gasteiger partial charge in [0.15, 0.2) is 11.6 Å². The highest BCUT2D eigenvalue weighted by Crippen LogP contribution is 2.40. The Bertz CT molecular complexity index is 923. The van der Waals surface area contributed by atoms with Gasteiger partial charge in [-0.3, -0.25) is 0 Å². The van der Waals surface area contributed by atoms with E-state index in [0.717, 1.165) is 11.5 Å². The second-order valence-corrected chi connectivity index (χ2v) is 8.52. The van der Waals surface area contributed by atoms with E-state index in [-0.39, 0.29) is 0 Å². The van der Waals surface area contributed by atoms with Crippen molar-refractivity contribution in [3.8, 4) is 11.1 Å². The van der Waals surface area contributed by atoms with E-state index in [1.165, 1.54) is 55.4 Å². The molecule has 1 atom stereocenters. The largest absolute Gasteiger partial charge is 0.204 e. The van der Waals surface area contributed by atoms with Crippen LogP contribution in [0.2, 0.25) is 0 Å². The van der Waals surface area contributed by atoms with Gasteiger partial charge in [0, 0.05) is 0 Å². The lowest BCUT2D eigenvalue weighted by Gasteiger charge is -2.30. The van der Waals surface area contributed by atoms with Crippen LogP contribution in [0.1, 0.15) is 62.0 Å². The summed E-state index contributed by atoms with van der Waals surface area (Å²) < 4.78 is 26.6. The lowest BCUT2D eigenvalue weighted by atomic mass is 9.75. The van der Waals surface area contributed by atoms with Crippen molar-refractivity contribution < 1.29 is 8.78 Å². The fourth-order valence-electron chi connectivity index (χ4n) is 4.77. The van der Waals surface area contributed by atoms with Crippen molar-refractivity contribution in [1.82, 2.24) is 0 Å². The molecule has 0 bridgehead atoms. The first-order chi connectivity index (χ1) is 14.1. The third kappa shape index (κ3) is 4.75. The van der Waals surface area contributed by atoms with Gasteiger partial charge >= 0.3 is 0 Å². The van der Waals surface area contributed by atoms with Gasteiger partial charge < -0.3 is 0 Å². The molecule has 3 aromatic rings. The lowest BCUT2D eigenvalue weighted by molar-refractivity contribution is 0.297. The molecule has 2 heteroatoms. The molecule has 0 saturated heterocycles. The minimum Gasteiger partial charge on any atom is -0.204 e. The summed E-state index contributed by atoms with van der Waals surface area (Å²) in [6, 6.07) is 23.3. The highest BCUT2D eigenvalue weighted by atomic mass is 19.2. The van der Waals surface area contributed by atoms with Crippen LogP contribution < -0.4 is 0 Å². The van der Waals surface area contributed by atoms with Crippen molar-refractivity contribution in [2.45, 2.75) is 50.9 Å². The van der Waals surface area contributed by atoms with Gasteiger partial charge in [-0.15, -0.1) is 0 Å². The first-order valence-electron chi connectivity index (χ1n) is 10.7. The van der Waals surface area contributed by atoms with Gasteiger partial charge in [-0.05, 0) is 84.2 Å². The zero-order valence-corrected chi connectivity index (χ0v) is 17.0. The number of rotatable bonds is 5. The number of halogens is 2. The van der Waals surface area contributed by atoms with Gasteiger partial charge in [-0.1, -0.05) is 67.6 Å². The lowest BCUT2D eigenvalue weighted by Crippen LogP contribution is -2.15. The van der Waals surface area contributed by atoms with E-state index in [4.69, 9.17) is 0 Å². The average Bonchev–Trinajstić information content (AvgIpc) is 2.77. The van der Waals surface area contributed by atoms with Gasteiger partial charge in [-0.2, -0.15) is 0 Å². The molecule has 1 saturated carbocycles. The molecule has 3 aromatic carbocycles. The van der Waals surface area contributed by atoms with E-state index in [1.807, 2.05) is 12.1 Å². The predicted molar refractivity (Wildman–Crippen MR) is 116 cm³/mol. The molecule has 4 rings (SSSR count). The fraction of sp³-hybridized carbons (Fsp3) is 0.333. The highest BCUT2D eigenvalue weighted by molar-refractivity contribution is 5.63. The Morgan fingerprint density at radius 2 is 1.41 bits per heavy atom. The third-order valence-electron chi connectivity index (χ3n) is 6.54. The topological polar surface area (TPSA) is 0 Å². The molecule has 1 aliphatic rings. The smallest absolute Gasteiger partial charge is 0.159 e.